The third kappa shape index (κ3) is 5.67. The molecule has 0 spiro atoms. The second kappa shape index (κ2) is 11.9. The van der Waals surface area contributed by atoms with Gasteiger partial charge in [0.25, 0.3) is 11.8 Å². The number of carbonyl (C=O) groups excluding carboxylic acids is 3. The molecule has 5 rings (SSSR count). The number of amides is 4. The number of benzene rings is 4. The molecule has 41 heavy (non-hydrogen) atoms. The molecular weight excluding hydrogens is 588 g/mol. The molecule has 4 aromatic carbocycles. The number of hydrogen-bond donors (Lipinski definition) is 1. The highest BCUT2D eigenvalue weighted by Crippen LogP contribution is 2.38. The largest absolute Gasteiger partial charge is 0.494 e. The van der Waals surface area contributed by atoms with Crippen molar-refractivity contribution in [3.63, 3.8) is 0 Å². The van der Waals surface area contributed by atoms with E-state index in [1.54, 1.807) is 36.4 Å². The average molecular weight is 615 g/mol. The molecule has 0 bridgehead atoms. The minimum absolute atomic E-state index is 0.201. The van der Waals surface area contributed by atoms with Crippen LogP contribution in [0.2, 0.25) is 0 Å². The average Bonchev–Trinajstić information content (AvgIpc) is 2.96. The summed E-state index contributed by atoms with van der Waals surface area (Å²) in [6.45, 7) is 4.69. The van der Waals surface area contributed by atoms with Crippen molar-refractivity contribution in [2.45, 2.75) is 20.5 Å². The molecule has 0 aromatic heterocycles. The van der Waals surface area contributed by atoms with Gasteiger partial charge in [-0.2, -0.15) is 0 Å². The van der Waals surface area contributed by atoms with E-state index in [4.69, 9.17) is 14.2 Å². The summed E-state index contributed by atoms with van der Waals surface area (Å²) in [7, 11) is 1.51. The number of nitrogens with zero attached hydrogens (tertiary/aromatic N) is 1. The Morgan fingerprint density at radius 3 is 2.44 bits per heavy atom. The highest BCUT2D eigenvalue weighted by atomic mass is 79.9. The number of urea groups is 1. The highest BCUT2D eigenvalue weighted by molar-refractivity contribution is 9.10. The fraction of sp³-hybridized carbons (Fsp3) is 0.156. The van der Waals surface area contributed by atoms with E-state index in [9.17, 15) is 14.4 Å². The third-order valence-corrected chi connectivity index (χ3v) is 7.30. The fourth-order valence-corrected chi connectivity index (χ4v) is 5.23. The Morgan fingerprint density at radius 2 is 1.71 bits per heavy atom. The predicted octanol–water partition coefficient (Wildman–Crippen LogP) is 6.56. The number of methoxy groups -OCH3 is 1. The van der Waals surface area contributed by atoms with E-state index in [0.29, 0.717) is 46.2 Å². The van der Waals surface area contributed by atoms with Crippen LogP contribution in [0.15, 0.2) is 82.8 Å². The minimum Gasteiger partial charge on any atom is -0.494 e. The van der Waals surface area contributed by atoms with E-state index >= 15 is 0 Å². The smallest absolute Gasteiger partial charge is 0.335 e. The number of ether oxygens (including phenoxy) is 3. The maximum Gasteiger partial charge on any atom is 0.335 e. The molecule has 8 nitrogen and oxygen atoms in total. The van der Waals surface area contributed by atoms with Crippen molar-refractivity contribution in [2.24, 2.45) is 0 Å². The number of carbonyl (C=O) groups is 3. The van der Waals surface area contributed by atoms with Crippen molar-refractivity contribution in [1.29, 1.82) is 0 Å². The van der Waals surface area contributed by atoms with Crippen molar-refractivity contribution in [3.05, 3.63) is 99.5 Å². The number of halogens is 1. The highest BCUT2D eigenvalue weighted by Gasteiger charge is 2.37. The molecule has 0 saturated carbocycles. The van der Waals surface area contributed by atoms with Gasteiger partial charge in [-0.05, 0) is 94.2 Å². The van der Waals surface area contributed by atoms with Gasteiger partial charge in [-0.25, -0.2) is 9.69 Å². The number of anilines is 1. The van der Waals surface area contributed by atoms with Gasteiger partial charge < -0.3 is 14.2 Å². The first-order valence-electron chi connectivity index (χ1n) is 12.9. The quantitative estimate of drug-likeness (QED) is 0.178. The predicted molar refractivity (Wildman–Crippen MR) is 160 cm³/mol. The number of hydrogen-bond acceptors (Lipinski definition) is 6. The fourth-order valence-electron chi connectivity index (χ4n) is 4.66. The zero-order chi connectivity index (χ0) is 29.1. The van der Waals surface area contributed by atoms with Crippen molar-refractivity contribution in [3.8, 4) is 17.2 Å². The van der Waals surface area contributed by atoms with Crippen LogP contribution in [-0.2, 0) is 16.2 Å². The molecule has 9 heteroatoms. The lowest BCUT2D eigenvalue weighted by molar-refractivity contribution is -0.122. The Bertz CT molecular complexity index is 1700. The summed E-state index contributed by atoms with van der Waals surface area (Å²) in [6.07, 6.45) is 1.41. The van der Waals surface area contributed by atoms with E-state index in [1.165, 1.54) is 13.2 Å². The number of nitrogens with one attached hydrogen (secondary N) is 1. The first-order valence-corrected chi connectivity index (χ1v) is 13.7. The van der Waals surface area contributed by atoms with Crippen molar-refractivity contribution >= 4 is 56.3 Å². The van der Waals surface area contributed by atoms with Gasteiger partial charge in [0.15, 0.2) is 11.5 Å². The molecule has 4 aromatic rings. The van der Waals surface area contributed by atoms with E-state index in [1.807, 2.05) is 26.0 Å². The lowest BCUT2D eigenvalue weighted by Crippen LogP contribution is -2.54. The van der Waals surface area contributed by atoms with Crippen LogP contribution in [0.5, 0.6) is 17.2 Å². The van der Waals surface area contributed by atoms with E-state index in [-0.39, 0.29) is 5.57 Å². The van der Waals surface area contributed by atoms with Crippen LogP contribution < -0.4 is 24.4 Å². The first kappa shape index (κ1) is 27.9. The van der Waals surface area contributed by atoms with Gasteiger partial charge in [-0.3, -0.25) is 14.9 Å². The molecule has 0 unspecified atom stereocenters. The summed E-state index contributed by atoms with van der Waals surface area (Å²) in [4.78, 5) is 39.6. The van der Waals surface area contributed by atoms with Crippen LogP contribution in [0, 0.1) is 6.92 Å². The number of barbiturate groups is 1. The standard InChI is InChI=1S/C32H27BrN2O6/c1-4-40-23-13-11-22(12-14-23)35-31(37)25(30(36)34-32(35)38)15-20-16-27(33)29(28(17-20)39-3)41-18-26-19(2)9-10-21-7-5-6-8-24(21)26/h5-17H,4,18H2,1-3H3,(H,34,36,38)/b25-15+. The maximum atomic E-state index is 13.3. The van der Waals surface area contributed by atoms with Crippen LogP contribution in [0.25, 0.3) is 16.8 Å². The minimum atomic E-state index is -0.826. The van der Waals surface area contributed by atoms with Crippen LogP contribution in [0.3, 0.4) is 0 Å². The van der Waals surface area contributed by atoms with Gasteiger partial charge in [0.2, 0.25) is 0 Å². The van der Waals surface area contributed by atoms with Gasteiger partial charge in [-0.1, -0.05) is 36.4 Å². The van der Waals surface area contributed by atoms with Crippen molar-refractivity contribution < 1.29 is 28.6 Å². The van der Waals surface area contributed by atoms with E-state index in [2.05, 4.69) is 45.5 Å². The molecule has 0 aliphatic carbocycles. The molecule has 1 aliphatic rings. The Morgan fingerprint density at radius 1 is 0.951 bits per heavy atom. The van der Waals surface area contributed by atoms with Gasteiger partial charge in [-0.15, -0.1) is 0 Å². The lowest BCUT2D eigenvalue weighted by Gasteiger charge is -2.26. The molecule has 1 N–H and O–H groups in total. The van der Waals surface area contributed by atoms with E-state index in [0.717, 1.165) is 26.8 Å². The molecule has 1 heterocycles. The normalized spacial score (nSPS) is 14.4. The van der Waals surface area contributed by atoms with Crippen LogP contribution in [0.1, 0.15) is 23.6 Å². The SMILES string of the molecule is CCOc1ccc(N2C(=O)NC(=O)/C(=C\c3cc(Br)c(OCc4c(C)ccc5ccccc45)c(OC)c3)C2=O)cc1. The summed E-state index contributed by atoms with van der Waals surface area (Å²) in [5.74, 6) is -0.0450. The Hall–Kier alpha value is -4.63. The summed E-state index contributed by atoms with van der Waals surface area (Å²) >= 11 is 3.56. The number of rotatable bonds is 8. The Kier molecular flexibility index (Phi) is 8.07. The summed E-state index contributed by atoms with van der Waals surface area (Å²) < 4.78 is 17.8. The van der Waals surface area contributed by atoms with Gasteiger partial charge in [0, 0.05) is 5.56 Å². The monoisotopic (exact) mass is 614 g/mol. The zero-order valence-electron chi connectivity index (χ0n) is 22.7. The third-order valence-electron chi connectivity index (χ3n) is 6.71. The number of imide groups is 2. The molecule has 0 radical (unpaired) electrons. The summed E-state index contributed by atoms with van der Waals surface area (Å²) in [5, 5.41) is 4.47. The molecule has 1 fully saturated rings. The maximum absolute atomic E-state index is 13.3. The number of fused-ring (bicyclic) bond motifs is 1. The lowest BCUT2D eigenvalue weighted by atomic mass is 10.0. The zero-order valence-corrected chi connectivity index (χ0v) is 24.3. The van der Waals surface area contributed by atoms with Crippen LogP contribution >= 0.6 is 15.9 Å². The van der Waals surface area contributed by atoms with Gasteiger partial charge in [0.1, 0.15) is 17.9 Å². The first-order chi connectivity index (χ1) is 19.8. The van der Waals surface area contributed by atoms with Crippen molar-refractivity contribution in [2.75, 3.05) is 18.6 Å². The number of aryl methyl sites for hydroxylation is 1. The van der Waals surface area contributed by atoms with Gasteiger partial charge in [0.05, 0.1) is 23.9 Å². The molecule has 208 valence electrons. The van der Waals surface area contributed by atoms with Crippen molar-refractivity contribution in [1.82, 2.24) is 5.32 Å². The topological polar surface area (TPSA) is 94.2 Å². The Labute approximate surface area is 245 Å². The summed E-state index contributed by atoms with van der Waals surface area (Å²) in [6, 6.07) is 21.3. The van der Waals surface area contributed by atoms with Crippen LogP contribution in [0.4, 0.5) is 10.5 Å². The van der Waals surface area contributed by atoms with Gasteiger partial charge >= 0.3 is 6.03 Å². The van der Waals surface area contributed by atoms with E-state index < -0.39 is 17.8 Å². The second-order valence-electron chi connectivity index (χ2n) is 9.29. The summed E-state index contributed by atoms with van der Waals surface area (Å²) in [5.41, 5.74) is 2.77. The molecular formula is C32H27BrN2O6. The molecule has 1 aliphatic heterocycles. The van der Waals surface area contributed by atoms with Crippen LogP contribution in [-0.4, -0.2) is 31.6 Å². The second-order valence-corrected chi connectivity index (χ2v) is 10.1. The molecule has 4 amide bonds. The molecule has 1 saturated heterocycles. The molecule has 0 atom stereocenters. The Balaban J connectivity index is 1.43.